The molecular formula is C28H32FN3O3. The molecule has 3 aromatic rings. The van der Waals surface area contributed by atoms with Gasteiger partial charge in [0.2, 0.25) is 11.8 Å². The monoisotopic (exact) mass is 477 g/mol. The summed E-state index contributed by atoms with van der Waals surface area (Å²) in [6.07, 6.45) is 1.14. The summed E-state index contributed by atoms with van der Waals surface area (Å²) in [6, 6.07) is 21.1. The van der Waals surface area contributed by atoms with Gasteiger partial charge < -0.3 is 21.1 Å². The lowest BCUT2D eigenvalue weighted by Gasteiger charge is -2.19. The van der Waals surface area contributed by atoms with Gasteiger partial charge in [0.25, 0.3) is 0 Å². The van der Waals surface area contributed by atoms with E-state index < -0.39 is 11.9 Å². The SMILES string of the molecule is CCOc1ccc(CCC(=O)NC(Cc2ccccc2)C(=O)NCc2ccc(CN)c(F)c2)cc1. The second kappa shape index (κ2) is 13.2. The molecule has 184 valence electrons. The highest BCUT2D eigenvalue weighted by molar-refractivity contribution is 5.88. The van der Waals surface area contributed by atoms with Gasteiger partial charge in [-0.15, -0.1) is 0 Å². The van der Waals surface area contributed by atoms with E-state index in [-0.39, 0.29) is 31.3 Å². The molecule has 4 N–H and O–H groups in total. The fraction of sp³-hybridized carbons (Fsp3) is 0.286. The van der Waals surface area contributed by atoms with Crippen molar-refractivity contribution >= 4 is 11.8 Å². The lowest BCUT2D eigenvalue weighted by atomic mass is 10.0. The number of rotatable bonds is 12. The third kappa shape index (κ3) is 8.22. The summed E-state index contributed by atoms with van der Waals surface area (Å²) >= 11 is 0. The van der Waals surface area contributed by atoms with Crippen molar-refractivity contribution in [1.29, 1.82) is 0 Å². The standard InChI is InChI=1S/C28H32FN3O3/c1-2-35-24-13-9-20(10-14-24)11-15-27(33)32-26(17-21-6-4-3-5-7-21)28(34)31-19-22-8-12-23(18-30)25(29)16-22/h3-10,12-14,16,26H,2,11,15,17-19,30H2,1H3,(H,31,34)(H,32,33). The minimum atomic E-state index is -0.751. The molecule has 1 unspecified atom stereocenters. The molecule has 1 atom stereocenters. The lowest BCUT2D eigenvalue weighted by Crippen LogP contribution is -2.47. The number of ether oxygens (including phenoxy) is 1. The molecule has 0 saturated carbocycles. The summed E-state index contributed by atoms with van der Waals surface area (Å²) in [4.78, 5) is 25.7. The van der Waals surface area contributed by atoms with Crippen LogP contribution in [0.5, 0.6) is 5.75 Å². The van der Waals surface area contributed by atoms with Crippen molar-refractivity contribution in [3.05, 3.63) is 101 Å². The smallest absolute Gasteiger partial charge is 0.243 e. The van der Waals surface area contributed by atoms with Crippen LogP contribution in [-0.4, -0.2) is 24.5 Å². The number of nitrogens with one attached hydrogen (secondary N) is 2. The maximum atomic E-state index is 14.0. The minimum absolute atomic E-state index is 0.111. The van der Waals surface area contributed by atoms with E-state index in [1.54, 1.807) is 12.1 Å². The zero-order valence-electron chi connectivity index (χ0n) is 19.9. The van der Waals surface area contributed by atoms with Crippen molar-refractivity contribution in [3.8, 4) is 5.75 Å². The molecule has 2 amide bonds. The number of aryl methyl sites for hydroxylation is 1. The summed E-state index contributed by atoms with van der Waals surface area (Å²) in [5.74, 6) is -0.152. The van der Waals surface area contributed by atoms with Crippen molar-refractivity contribution in [1.82, 2.24) is 10.6 Å². The van der Waals surface area contributed by atoms with E-state index in [9.17, 15) is 14.0 Å². The number of halogens is 1. The van der Waals surface area contributed by atoms with Crippen LogP contribution >= 0.6 is 0 Å². The Kier molecular flexibility index (Phi) is 9.80. The van der Waals surface area contributed by atoms with Gasteiger partial charge in [0, 0.05) is 31.5 Å². The van der Waals surface area contributed by atoms with Crippen molar-refractivity contribution in [3.63, 3.8) is 0 Å². The van der Waals surface area contributed by atoms with E-state index in [1.807, 2.05) is 61.5 Å². The van der Waals surface area contributed by atoms with E-state index in [0.29, 0.717) is 30.6 Å². The zero-order valence-corrected chi connectivity index (χ0v) is 19.9. The fourth-order valence-corrected chi connectivity index (χ4v) is 3.68. The van der Waals surface area contributed by atoms with E-state index in [2.05, 4.69) is 10.6 Å². The van der Waals surface area contributed by atoms with Gasteiger partial charge in [-0.3, -0.25) is 9.59 Å². The summed E-state index contributed by atoms with van der Waals surface area (Å²) in [7, 11) is 0. The summed E-state index contributed by atoms with van der Waals surface area (Å²) in [6.45, 7) is 2.78. The topological polar surface area (TPSA) is 93.4 Å². The lowest BCUT2D eigenvalue weighted by molar-refractivity contribution is -0.129. The molecule has 0 aliphatic rings. The van der Waals surface area contributed by atoms with Crippen LogP contribution in [0.25, 0.3) is 0 Å². The van der Waals surface area contributed by atoms with Gasteiger partial charge in [0.1, 0.15) is 17.6 Å². The van der Waals surface area contributed by atoms with Crippen LogP contribution in [0.2, 0.25) is 0 Å². The maximum Gasteiger partial charge on any atom is 0.243 e. The van der Waals surface area contributed by atoms with Gasteiger partial charge in [-0.05, 0) is 48.2 Å². The Bertz CT molecular complexity index is 1100. The quantitative estimate of drug-likeness (QED) is 0.371. The molecule has 7 heteroatoms. The predicted octanol–water partition coefficient (Wildman–Crippen LogP) is 3.66. The first-order chi connectivity index (χ1) is 17.0. The number of carbonyl (C=O) groups is 2. The first-order valence-corrected chi connectivity index (χ1v) is 11.8. The molecule has 3 aromatic carbocycles. The average molecular weight is 478 g/mol. The second-order valence-electron chi connectivity index (χ2n) is 8.23. The van der Waals surface area contributed by atoms with Crippen LogP contribution < -0.4 is 21.1 Å². The van der Waals surface area contributed by atoms with Crippen molar-refractivity contribution in [2.24, 2.45) is 5.73 Å². The Morgan fingerprint density at radius 1 is 0.971 bits per heavy atom. The van der Waals surface area contributed by atoms with Crippen LogP contribution in [-0.2, 0) is 35.5 Å². The fourth-order valence-electron chi connectivity index (χ4n) is 3.68. The van der Waals surface area contributed by atoms with Crippen LogP contribution in [0.1, 0.15) is 35.6 Å². The molecule has 0 fully saturated rings. The van der Waals surface area contributed by atoms with E-state index in [4.69, 9.17) is 10.5 Å². The normalized spacial score (nSPS) is 11.5. The molecule has 0 aliphatic heterocycles. The molecule has 35 heavy (non-hydrogen) atoms. The number of nitrogens with two attached hydrogens (primary N) is 1. The number of hydrogen-bond acceptors (Lipinski definition) is 4. The Hall–Kier alpha value is -3.71. The third-order valence-electron chi connectivity index (χ3n) is 5.61. The minimum Gasteiger partial charge on any atom is -0.494 e. The number of hydrogen-bond donors (Lipinski definition) is 3. The van der Waals surface area contributed by atoms with Gasteiger partial charge in [0.05, 0.1) is 6.61 Å². The van der Waals surface area contributed by atoms with Gasteiger partial charge in [0.15, 0.2) is 0 Å². The summed E-state index contributed by atoms with van der Waals surface area (Å²) < 4.78 is 19.5. The van der Waals surface area contributed by atoms with Gasteiger partial charge in [-0.1, -0.05) is 54.6 Å². The van der Waals surface area contributed by atoms with Crippen LogP contribution in [0.15, 0.2) is 72.8 Å². The molecule has 0 spiro atoms. The van der Waals surface area contributed by atoms with Crippen molar-refractivity contribution in [2.45, 2.75) is 45.3 Å². The zero-order chi connectivity index (χ0) is 25.0. The predicted molar refractivity (Wildman–Crippen MR) is 134 cm³/mol. The van der Waals surface area contributed by atoms with Gasteiger partial charge in [-0.25, -0.2) is 4.39 Å². The van der Waals surface area contributed by atoms with Crippen molar-refractivity contribution < 1.29 is 18.7 Å². The maximum absolute atomic E-state index is 14.0. The number of benzene rings is 3. The Labute approximate surface area is 205 Å². The highest BCUT2D eigenvalue weighted by Gasteiger charge is 2.21. The van der Waals surface area contributed by atoms with Crippen molar-refractivity contribution in [2.75, 3.05) is 6.61 Å². The van der Waals surface area contributed by atoms with Crippen LogP contribution in [0.4, 0.5) is 4.39 Å². The molecule has 0 radical (unpaired) electrons. The van der Waals surface area contributed by atoms with Gasteiger partial charge >= 0.3 is 0 Å². The summed E-state index contributed by atoms with van der Waals surface area (Å²) in [5, 5.41) is 5.68. The molecular weight excluding hydrogens is 445 g/mol. The number of carbonyl (C=O) groups excluding carboxylic acids is 2. The van der Waals surface area contributed by atoms with E-state index in [0.717, 1.165) is 16.9 Å². The third-order valence-corrected chi connectivity index (χ3v) is 5.61. The van der Waals surface area contributed by atoms with Gasteiger partial charge in [-0.2, -0.15) is 0 Å². The Morgan fingerprint density at radius 3 is 2.34 bits per heavy atom. The molecule has 0 saturated heterocycles. The second-order valence-corrected chi connectivity index (χ2v) is 8.23. The molecule has 3 rings (SSSR count). The molecule has 0 aliphatic carbocycles. The highest BCUT2D eigenvalue weighted by Crippen LogP contribution is 2.14. The molecule has 0 aromatic heterocycles. The Morgan fingerprint density at radius 2 is 1.69 bits per heavy atom. The molecule has 6 nitrogen and oxygen atoms in total. The van der Waals surface area contributed by atoms with E-state index in [1.165, 1.54) is 6.07 Å². The van der Waals surface area contributed by atoms with Crippen LogP contribution in [0.3, 0.4) is 0 Å². The molecule has 0 heterocycles. The van der Waals surface area contributed by atoms with E-state index >= 15 is 0 Å². The Balaban J connectivity index is 1.60. The average Bonchev–Trinajstić information content (AvgIpc) is 2.87. The molecule has 0 bridgehead atoms. The van der Waals surface area contributed by atoms with Crippen LogP contribution in [0, 0.1) is 5.82 Å². The largest absolute Gasteiger partial charge is 0.494 e. The number of amides is 2. The highest BCUT2D eigenvalue weighted by atomic mass is 19.1. The first-order valence-electron chi connectivity index (χ1n) is 11.8. The summed E-state index contributed by atoms with van der Waals surface area (Å²) in [5.41, 5.74) is 8.48. The first kappa shape index (κ1) is 25.9.